The Hall–Kier alpha value is -2.18. The van der Waals surface area contributed by atoms with Crippen LogP contribution < -0.4 is 5.32 Å². The van der Waals surface area contributed by atoms with Crippen molar-refractivity contribution in [3.8, 4) is 0 Å². The number of benzene rings is 1. The summed E-state index contributed by atoms with van der Waals surface area (Å²) in [5, 5.41) is 3.26. The fraction of sp³-hybridized carbons (Fsp3) is 0.222. The molecule has 0 saturated heterocycles. The summed E-state index contributed by atoms with van der Waals surface area (Å²) in [6.07, 6.45) is 2.47. The Labute approximate surface area is 154 Å². The number of amides is 1. The highest BCUT2D eigenvalue weighted by molar-refractivity contribution is 7.16. The van der Waals surface area contributed by atoms with Gasteiger partial charge in [-0.15, -0.1) is 11.3 Å². The van der Waals surface area contributed by atoms with Crippen LogP contribution in [0, 0.1) is 19.7 Å². The smallest absolute Gasteiger partial charge is 0.341 e. The summed E-state index contributed by atoms with van der Waals surface area (Å²) in [7, 11) is 0. The van der Waals surface area contributed by atoms with Gasteiger partial charge in [-0.3, -0.25) is 4.79 Å². The molecule has 132 valence electrons. The zero-order valence-electron chi connectivity index (χ0n) is 14.0. The van der Waals surface area contributed by atoms with Crippen LogP contribution in [-0.2, 0) is 9.53 Å². The Morgan fingerprint density at radius 3 is 2.72 bits per heavy atom. The minimum atomic E-state index is -0.522. The van der Waals surface area contributed by atoms with Crippen LogP contribution in [0.2, 0.25) is 5.02 Å². The highest BCUT2D eigenvalue weighted by Gasteiger charge is 2.21. The molecule has 1 amide bonds. The molecule has 0 fully saturated rings. The number of hydrogen-bond donors (Lipinski definition) is 1. The molecule has 0 atom stereocenters. The molecule has 0 spiro atoms. The molecule has 0 saturated carbocycles. The minimum Gasteiger partial charge on any atom is -0.462 e. The van der Waals surface area contributed by atoms with Gasteiger partial charge in [0.15, 0.2) is 0 Å². The monoisotopic (exact) mass is 381 g/mol. The molecule has 0 radical (unpaired) electrons. The second kappa shape index (κ2) is 8.27. The number of esters is 1. The lowest BCUT2D eigenvalue weighted by Crippen LogP contribution is -2.12. The van der Waals surface area contributed by atoms with Crippen LogP contribution in [-0.4, -0.2) is 18.5 Å². The van der Waals surface area contributed by atoms with Gasteiger partial charge in [0.25, 0.3) is 0 Å². The van der Waals surface area contributed by atoms with E-state index in [0.717, 1.165) is 10.4 Å². The quantitative estimate of drug-likeness (QED) is 0.586. The molecule has 0 unspecified atom stereocenters. The van der Waals surface area contributed by atoms with Gasteiger partial charge < -0.3 is 10.1 Å². The van der Waals surface area contributed by atoms with E-state index < -0.39 is 17.7 Å². The van der Waals surface area contributed by atoms with Crippen molar-refractivity contribution in [2.24, 2.45) is 0 Å². The van der Waals surface area contributed by atoms with E-state index in [4.69, 9.17) is 16.3 Å². The number of hydrogen-bond acceptors (Lipinski definition) is 4. The summed E-state index contributed by atoms with van der Waals surface area (Å²) >= 11 is 7.20. The van der Waals surface area contributed by atoms with Gasteiger partial charge in [0.05, 0.1) is 17.2 Å². The van der Waals surface area contributed by atoms with E-state index in [1.807, 2.05) is 6.92 Å². The zero-order chi connectivity index (χ0) is 18.6. The average molecular weight is 382 g/mol. The molecule has 1 aromatic carbocycles. The van der Waals surface area contributed by atoms with E-state index in [0.29, 0.717) is 10.6 Å². The van der Waals surface area contributed by atoms with E-state index in [2.05, 4.69) is 5.32 Å². The van der Waals surface area contributed by atoms with Crippen molar-refractivity contribution in [3.63, 3.8) is 0 Å². The Kier molecular flexibility index (Phi) is 6.33. The summed E-state index contributed by atoms with van der Waals surface area (Å²) in [4.78, 5) is 25.2. The van der Waals surface area contributed by atoms with Gasteiger partial charge in [-0.1, -0.05) is 17.7 Å². The average Bonchev–Trinajstić information content (AvgIpc) is 2.81. The zero-order valence-corrected chi connectivity index (χ0v) is 15.6. The first-order valence-corrected chi connectivity index (χ1v) is 8.74. The summed E-state index contributed by atoms with van der Waals surface area (Å²) in [6.45, 7) is 5.61. The molecule has 1 aromatic heterocycles. The van der Waals surface area contributed by atoms with Crippen LogP contribution in [0.5, 0.6) is 0 Å². The maximum Gasteiger partial charge on any atom is 0.341 e. The third-order valence-electron chi connectivity index (χ3n) is 3.50. The first-order valence-electron chi connectivity index (χ1n) is 7.55. The summed E-state index contributed by atoms with van der Waals surface area (Å²) in [5.41, 5.74) is 1.23. The highest BCUT2D eigenvalue weighted by atomic mass is 35.5. The lowest BCUT2D eigenvalue weighted by atomic mass is 10.1. The fourth-order valence-corrected chi connectivity index (χ4v) is 3.42. The molecule has 1 N–H and O–H groups in total. The summed E-state index contributed by atoms with van der Waals surface area (Å²) in [5.74, 6) is -1.50. The van der Waals surface area contributed by atoms with E-state index in [1.165, 1.54) is 41.7 Å². The first-order chi connectivity index (χ1) is 11.8. The molecule has 0 bridgehead atoms. The normalized spacial score (nSPS) is 10.9. The standard InChI is InChI=1S/C18H17ClFNO3S/c1-4-24-18(23)16-10(2)11(3)25-17(16)21-15(22)9-8-12-13(19)6-5-7-14(12)20/h5-9H,4H2,1-3H3,(H,21,22). The number of ether oxygens (including phenoxy) is 1. The second-order valence-electron chi connectivity index (χ2n) is 5.17. The summed E-state index contributed by atoms with van der Waals surface area (Å²) < 4.78 is 18.7. The third-order valence-corrected chi connectivity index (χ3v) is 4.95. The first kappa shape index (κ1) is 19.1. The van der Waals surface area contributed by atoms with E-state index in [9.17, 15) is 14.0 Å². The fourth-order valence-electron chi connectivity index (χ4n) is 2.15. The highest BCUT2D eigenvalue weighted by Crippen LogP contribution is 2.33. The molecule has 0 aliphatic rings. The number of thiophene rings is 1. The minimum absolute atomic E-state index is 0.128. The molecule has 0 aliphatic heterocycles. The second-order valence-corrected chi connectivity index (χ2v) is 6.80. The van der Waals surface area contributed by atoms with Crippen molar-refractivity contribution in [3.05, 3.63) is 56.7 Å². The van der Waals surface area contributed by atoms with Gasteiger partial charge in [0.2, 0.25) is 5.91 Å². The largest absolute Gasteiger partial charge is 0.462 e. The molecular formula is C18H17ClFNO3S. The lowest BCUT2D eigenvalue weighted by Gasteiger charge is -2.05. The van der Waals surface area contributed by atoms with E-state index in [1.54, 1.807) is 13.8 Å². The molecule has 0 aliphatic carbocycles. The molecule has 7 heteroatoms. The molecular weight excluding hydrogens is 365 g/mol. The number of carbonyl (C=O) groups excluding carboxylic acids is 2. The van der Waals surface area contributed by atoms with Crippen LogP contribution in [0.3, 0.4) is 0 Å². The van der Waals surface area contributed by atoms with E-state index >= 15 is 0 Å². The van der Waals surface area contributed by atoms with Crippen molar-refractivity contribution < 1.29 is 18.7 Å². The van der Waals surface area contributed by atoms with Gasteiger partial charge in [0.1, 0.15) is 10.8 Å². The topological polar surface area (TPSA) is 55.4 Å². The number of anilines is 1. The Morgan fingerprint density at radius 2 is 2.08 bits per heavy atom. The maximum atomic E-state index is 13.7. The van der Waals surface area contributed by atoms with Crippen LogP contribution >= 0.6 is 22.9 Å². The van der Waals surface area contributed by atoms with Gasteiger partial charge in [0, 0.05) is 16.5 Å². The van der Waals surface area contributed by atoms with Crippen molar-refractivity contribution in [1.29, 1.82) is 0 Å². The van der Waals surface area contributed by atoms with Crippen LogP contribution in [0.25, 0.3) is 6.08 Å². The Morgan fingerprint density at radius 1 is 1.36 bits per heavy atom. The molecule has 1 heterocycles. The van der Waals surface area contributed by atoms with Gasteiger partial charge >= 0.3 is 5.97 Å². The van der Waals surface area contributed by atoms with Gasteiger partial charge in [-0.2, -0.15) is 0 Å². The van der Waals surface area contributed by atoms with Crippen LogP contribution in [0.1, 0.15) is 33.3 Å². The number of aryl methyl sites for hydroxylation is 1. The number of carbonyl (C=O) groups is 2. The molecule has 2 rings (SSSR count). The molecule has 2 aromatic rings. The molecule has 4 nitrogen and oxygen atoms in total. The maximum absolute atomic E-state index is 13.7. The van der Waals surface area contributed by atoms with Crippen molar-refractivity contribution in [1.82, 2.24) is 0 Å². The Balaban J connectivity index is 2.22. The SMILES string of the molecule is CCOC(=O)c1c(NC(=O)C=Cc2c(F)cccc2Cl)sc(C)c1C. The molecule has 25 heavy (non-hydrogen) atoms. The van der Waals surface area contributed by atoms with Crippen LogP contribution in [0.4, 0.5) is 9.39 Å². The predicted molar refractivity (Wildman–Crippen MR) is 98.8 cm³/mol. The predicted octanol–water partition coefficient (Wildman–Crippen LogP) is 4.99. The Bertz CT molecular complexity index is 825. The number of rotatable bonds is 5. The van der Waals surface area contributed by atoms with Gasteiger partial charge in [-0.05, 0) is 44.5 Å². The number of halogens is 2. The lowest BCUT2D eigenvalue weighted by molar-refractivity contribution is -0.111. The number of nitrogens with one attached hydrogen (secondary N) is 1. The van der Waals surface area contributed by atoms with E-state index in [-0.39, 0.29) is 17.2 Å². The van der Waals surface area contributed by atoms with Crippen molar-refractivity contribution >= 4 is 45.9 Å². The van der Waals surface area contributed by atoms with Crippen molar-refractivity contribution in [2.75, 3.05) is 11.9 Å². The van der Waals surface area contributed by atoms with Gasteiger partial charge in [-0.25, -0.2) is 9.18 Å². The van der Waals surface area contributed by atoms with Crippen molar-refractivity contribution in [2.45, 2.75) is 20.8 Å². The summed E-state index contributed by atoms with van der Waals surface area (Å²) in [6, 6.07) is 4.28. The third kappa shape index (κ3) is 4.46. The van der Waals surface area contributed by atoms with Crippen LogP contribution in [0.15, 0.2) is 24.3 Å².